The van der Waals surface area contributed by atoms with Gasteiger partial charge in [-0.2, -0.15) is 0 Å². The molecule has 0 bridgehead atoms. The summed E-state index contributed by atoms with van der Waals surface area (Å²) in [5, 5.41) is 3.03. The van der Waals surface area contributed by atoms with Crippen LogP contribution in [0.15, 0.2) is 30.3 Å². The Balaban J connectivity index is 2.59. The Kier molecular flexibility index (Phi) is 6.76. The van der Waals surface area contributed by atoms with Gasteiger partial charge in [0.25, 0.3) is 0 Å². The monoisotopic (exact) mass is 473 g/mol. The fourth-order valence-corrected chi connectivity index (χ4v) is 5.59. The van der Waals surface area contributed by atoms with E-state index in [9.17, 15) is 4.79 Å². The molecule has 0 aromatic heterocycles. The Morgan fingerprint density at radius 1 is 1.32 bits per heavy atom. The number of ether oxygens (including phenoxy) is 1. The van der Waals surface area contributed by atoms with E-state index in [2.05, 4.69) is 5.09 Å². The number of carbonyl (C=O) groups is 1. The van der Waals surface area contributed by atoms with Gasteiger partial charge in [-0.05, 0) is 0 Å². The summed E-state index contributed by atoms with van der Waals surface area (Å²) in [5.74, 6) is 0.371. The van der Waals surface area contributed by atoms with Crippen LogP contribution in [0, 0.1) is 0 Å². The van der Waals surface area contributed by atoms with Crippen LogP contribution in [-0.2, 0) is 28.3 Å². The van der Waals surface area contributed by atoms with Crippen LogP contribution in [0.4, 0.5) is 0 Å². The number of halogens is 1. The summed E-state index contributed by atoms with van der Waals surface area (Å²) in [6.45, 7) is 5.34. The summed E-state index contributed by atoms with van der Waals surface area (Å²) >= 11 is 7.42. The molecule has 0 radical (unpaired) electrons. The molecule has 0 aliphatic rings. The van der Waals surface area contributed by atoms with Gasteiger partial charge < -0.3 is 0 Å². The molecule has 0 saturated heterocycles. The van der Waals surface area contributed by atoms with Crippen molar-refractivity contribution in [3.8, 4) is 5.75 Å². The third kappa shape index (κ3) is 6.72. The van der Waals surface area contributed by atoms with Gasteiger partial charge in [0.1, 0.15) is 0 Å². The third-order valence-electron chi connectivity index (χ3n) is 2.02. The molecule has 1 rings (SSSR count). The van der Waals surface area contributed by atoms with E-state index in [1.165, 1.54) is 0 Å². The average molecular weight is 474 g/mol. The van der Waals surface area contributed by atoms with E-state index in [0.717, 1.165) is 18.8 Å². The number of esters is 1. The van der Waals surface area contributed by atoms with Gasteiger partial charge in [0.05, 0.1) is 0 Å². The van der Waals surface area contributed by atoms with Gasteiger partial charge in [-0.25, -0.2) is 0 Å². The van der Waals surface area contributed by atoms with E-state index in [0.29, 0.717) is 5.75 Å². The van der Waals surface area contributed by atoms with Crippen molar-refractivity contribution in [1.29, 1.82) is 0 Å². The number of para-hydroxylation sites is 1. The van der Waals surface area contributed by atoms with E-state index >= 15 is 0 Å². The van der Waals surface area contributed by atoms with E-state index in [1.807, 2.05) is 44.2 Å². The molecule has 0 fully saturated rings. The normalized spacial score (nSPS) is 15.6. The fourth-order valence-electron chi connectivity index (χ4n) is 1.26. The van der Waals surface area contributed by atoms with Gasteiger partial charge >= 0.3 is 129 Å². The molecule has 1 N–H and O–H groups in total. The number of benzene rings is 1. The summed E-state index contributed by atoms with van der Waals surface area (Å²) in [4.78, 5) is 11.7. The Labute approximate surface area is 128 Å². The van der Waals surface area contributed by atoms with Gasteiger partial charge in [0, 0.05) is 0 Å². The Hall–Kier alpha value is -0.142. The van der Waals surface area contributed by atoms with Gasteiger partial charge in [0.15, 0.2) is 0 Å². The van der Waals surface area contributed by atoms with Crippen molar-refractivity contribution in [2.75, 3.05) is 0 Å². The SMILES string of the molecule is CC(C)OC(=O)[C@@H](C)N[P](Cl)(=[W])Oc1ccccc1. The molecule has 19 heavy (non-hydrogen) atoms. The average Bonchev–Trinajstić information content (AvgIpc) is 2.27. The van der Waals surface area contributed by atoms with Crippen LogP contribution in [0.3, 0.4) is 0 Å². The molecule has 7 heteroatoms. The van der Waals surface area contributed by atoms with Gasteiger partial charge in [0.2, 0.25) is 0 Å². The zero-order valence-electron chi connectivity index (χ0n) is 11.0. The van der Waals surface area contributed by atoms with Crippen LogP contribution < -0.4 is 9.61 Å². The van der Waals surface area contributed by atoms with Crippen molar-refractivity contribution in [3.05, 3.63) is 30.3 Å². The summed E-state index contributed by atoms with van der Waals surface area (Å²) in [5.41, 5.74) is 0. The molecule has 1 aromatic carbocycles. The molecule has 2 atom stereocenters. The number of nitrogens with one attached hydrogen (secondary N) is 1. The number of rotatable bonds is 6. The molecule has 1 unspecified atom stereocenters. The number of carbonyl (C=O) groups excluding carboxylic acids is 1. The minimum atomic E-state index is -2.31. The van der Waals surface area contributed by atoms with Gasteiger partial charge in [-0.3, -0.25) is 0 Å². The van der Waals surface area contributed by atoms with E-state index in [4.69, 9.17) is 20.5 Å². The molecule has 0 spiro atoms. The minimum absolute atomic E-state index is 0.140. The van der Waals surface area contributed by atoms with E-state index in [-0.39, 0.29) is 12.1 Å². The number of hydrogen-bond donors (Lipinski definition) is 1. The predicted octanol–water partition coefficient (Wildman–Crippen LogP) is 3.46. The quantitative estimate of drug-likeness (QED) is 0.508. The summed E-state index contributed by atoms with van der Waals surface area (Å²) < 4.78 is 8.53. The maximum absolute atomic E-state index is 11.7. The van der Waals surface area contributed by atoms with E-state index in [1.54, 1.807) is 6.92 Å². The van der Waals surface area contributed by atoms with Crippen molar-refractivity contribution >= 4 is 21.8 Å². The zero-order chi connectivity index (χ0) is 14.5. The third-order valence-corrected chi connectivity index (χ3v) is 5.60. The molecule has 0 aliphatic heterocycles. The molecule has 106 valence electrons. The van der Waals surface area contributed by atoms with Crippen LogP contribution >= 0.6 is 15.9 Å². The Morgan fingerprint density at radius 3 is 2.42 bits per heavy atom. The van der Waals surface area contributed by atoms with Crippen LogP contribution in [-0.4, -0.2) is 18.1 Å². The summed E-state index contributed by atoms with van der Waals surface area (Å²) in [6, 6.07) is 8.82. The molecular formula is C12H17ClNO3PW. The van der Waals surface area contributed by atoms with Crippen molar-refractivity contribution in [3.63, 3.8) is 0 Å². The van der Waals surface area contributed by atoms with Crippen molar-refractivity contribution < 1.29 is 32.9 Å². The maximum atomic E-state index is 11.7. The first kappa shape index (κ1) is 16.9. The molecule has 4 nitrogen and oxygen atoms in total. The van der Waals surface area contributed by atoms with Crippen LogP contribution in [0.1, 0.15) is 20.8 Å². The molecule has 0 heterocycles. The first-order valence-corrected chi connectivity index (χ1v) is 12.3. The Bertz CT molecular complexity index is 469. The number of hydrogen-bond acceptors (Lipinski definition) is 4. The van der Waals surface area contributed by atoms with Crippen molar-refractivity contribution in [2.24, 2.45) is 0 Å². The van der Waals surface area contributed by atoms with Crippen LogP contribution in [0.25, 0.3) is 0 Å². The van der Waals surface area contributed by atoms with Gasteiger partial charge in [-0.1, -0.05) is 0 Å². The topological polar surface area (TPSA) is 47.6 Å². The standard InChI is InChI=1S/C12H17ClNO3P.W/c1-9(2)16-12(15)10(3)14-18(13)17-11-7-5-4-6-8-11;/h4-10,14H,1-3H3;/t10-,18?;/m1./s1. The second-order valence-corrected chi connectivity index (χ2v) is 15.0. The first-order chi connectivity index (χ1) is 8.80. The molecule has 0 aliphatic carbocycles. The zero-order valence-corrected chi connectivity index (χ0v) is 15.6. The summed E-state index contributed by atoms with van der Waals surface area (Å²) in [6.07, 6.45) is -0.140. The summed E-state index contributed by atoms with van der Waals surface area (Å²) in [7, 11) is 0. The fraction of sp³-hybridized carbons (Fsp3) is 0.417. The second-order valence-electron chi connectivity index (χ2n) is 4.22. The first-order valence-electron chi connectivity index (χ1n) is 5.83. The predicted molar refractivity (Wildman–Crippen MR) is 73.7 cm³/mol. The van der Waals surface area contributed by atoms with Crippen molar-refractivity contribution in [1.82, 2.24) is 5.09 Å². The molecule has 0 amide bonds. The second kappa shape index (κ2) is 7.59. The Morgan fingerprint density at radius 2 is 1.89 bits per heavy atom. The molecule has 0 saturated carbocycles. The van der Waals surface area contributed by atoms with Crippen LogP contribution in [0.2, 0.25) is 0 Å². The van der Waals surface area contributed by atoms with E-state index < -0.39 is 10.7 Å². The van der Waals surface area contributed by atoms with Crippen molar-refractivity contribution in [2.45, 2.75) is 32.9 Å². The molecular weight excluding hydrogens is 456 g/mol. The molecule has 1 aromatic rings. The van der Waals surface area contributed by atoms with Crippen LogP contribution in [0.5, 0.6) is 5.75 Å². The van der Waals surface area contributed by atoms with Gasteiger partial charge in [-0.15, -0.1) is 0 Å².